The van der Waals surface area contributed by atoms with Crippen LogP contribution >= 0.6 is 0 Å². The number of fused-ring (bicyclic) bond motifs is 2. The zero-order valence-electron chi connectivity index (χ0n) is 13.4. The highest BCUT2D eigenvalue weighted by molar-refractivity contribution is 5.91. The van der Waals surface area contributed by atoms with E-state index < -0.39 is 0 Å². The van der Waals surface area contributed by atoms with Crippen molar-refractivity contribution < 1.29 is 0 Å². The molecule has 0 spiro atoms. The summed E-state index contributed by atoms with van der Waals surface area (Å²) in [6, 6.07) is 10.1. The molecule has 7 nitrogen and oxygen atoms in total. The Morgan fingerprint density at radius 1 is 1.25 bits per heavy atom. The van der Waals surface area contributed by atoms with Crippen LogP contribution in [0.3, 0.4) is 0 Å². The summed E-state index contributed by atoms with van der Waals surface area (Å²) < 4.78 is 1.71. The molecule has 4 rings (SSSR count). The molecule has 0 bridgehead atoms. The van der Waals surface area contributed by atoms with E-state index in [4.69, 9.17) is 0 Å². The molecule has 4 aromatic rings. The van der Waals surface area contributed by atoms with Gasteiger partial charge >= 0.3 is 0 Å². The lowest BCUT2D eigenvalue weighted by Crippen LogP contribution is -2.19. The Labute approximate surface area is 137 Å². The van der Waals surface area contributed by atoms with Gasteiger partial charge in [0.1, 0.15) is 0 Å². The van der Waals surface area contributed by atoms with Crippen molar-refractivity contribution in [3.05, 3.63) is 64.6 Å². The number of hydrogen-bond donors (Lipinski definition) is 1. The molecule has 0 unspecified atom stereocenters. The fourth-order valence-electron chi connectivity index (χ4n) is 2.89. The number of anilines is 1. The van der Waals surface area contributed by atoms with Gasteiger partial charge in [0.05, 0.1) is 12.1 Å². The second-order valence-electron chi connectivity index (χ2n) is 5.76. The summed E-state index contributed by atoms with van der Waals surface area (Å²) in [5.74, 6) is 0.706. The van der Waals surface area contributed by atoms with E-state index in [-0.39, 0.29) is 5.56 Å². The Kier molecular flexibility index (Phi) is 3.26. The highest BCUT2D eigenvalue weighted by atomic mass is 16.1. The Morgan fingerprint density at radius 3 is 2.96 bits per heavy atom. The van der Waals surface area contributed by atoms with Gasteiger partial charge in [0.15, 0.2) is 5.82 Å². The Morgan fingerprint density at radius 2 is 2.08 bits per heavy atom. The number of hydrogen-bond acceptors (Lipinski definition) is 5. The van der Waals surface area contributed by atoms with E-state index in [2.05, 4.69) is 37.2 Å². The number of aromatic amines is 1. The molecule has 0 saturated carbocycles. The van der Waals surface area contributed by atoms with E-state index in [1.807, 2.05) is 32.2 Å². The normalized spacial score (nSPS) is 11.2. The average Bonchev–Trinajstić information content (AvgIpc) is 2.98. The van der Waals surface area contributed by atoms with E-state index in [0.29, 0.717) is 18.0 Å². The lowest BCUT2D eigenvalue weighted by molar-refractivity contribution is 0.821. The molecule has 0 amide bonds. The summed E-state index contributed by atoms with van der Waals surface area (Å²) in [6.07, 6.45) is 3.35. The van der Waals surface area contributed by atoms with E-state index in [0.717, 1.165) is 22.3 Å². The van der Waals surface area contributed by atoms with Crippen molar-refractivity contribution in [1.82, 2.24) is 24.6 Å². The third-order valence-electron chi connectivity index (χ3n) is 4.02. The molecule has 1 aromatic carbocycles. The highest BCUT2D eigenvalue weighted by Crippen LogP contribution is 2.26. The monoisotopic (exact) mass is 320 g/mol. The summed E-state index contributed by atoms with van der Waals surface area (Å²) >= 11 is 0. The molecule has 3 heterocycles. The minimum absolute atomic E-state index is 0.246. The van der Waals surface area contributed by atoms with Crippen LogP contribution in [0.25, 0.3) is 16.6 Å². The fraction of sp³-hybridized carbons (Fsp3) is 0.176. The van der Waals surface area contributed by atoms with Gasteiger partial charge in [-0.1, -0.05) is 18.2 Å². The average molecular weight is 320 g/mol. The van der Waals surface area contributed by atoms with Crippen LogP contribution in [0.4, 0.5) is 5.69 Å². The number of rotatable bonds is 3. The standard InChI is InChI=1S/C17H16N6O/c1-11-9-14(12-5-3-4-6-13(12)19-11)22(2)10-15-20-21-16-17(24)18-7-8-23(15)16/h3-9H,10H2,1-2H3,(H,18,24). The first-order valence-electron chi connectivity index (χ1n) is 7.62. The number of para-hydroxylation sites is 1. The van der Waals surface area contributed by atoms with Gasteiger partial charge in [-0.05, 0) is 19.1 Å². The minimum Gasteiger partial charge on any atom is -0.366 e. The molecule has 24 heavy (non-hydrogen) atoms. The molecule has 0 aliphatic heterocycles. The lowest BCUT2D eigenvalue weighted by Gasteiger charge is -2.20. The summed E-state index contributed by atoms with van der Waals surface area (Å²) in [4.78, 5) is 21.0. The maximum absolute atomic E-state index is 11.8. The van der Waals surface area contributed by atoms with Crippen LogP contribution in [0.2, 0.25) is 0 Å². The van der Waals surface area contributed by atoms with Crippen molar-refractivity contribution in [2.75, 3.05) is 11.9 Å². The first-order chi connectivity index (χ1) is 11.6. The summed E-state index contributed by atoms with van der Waals surface area (Å²) in [7, 11) is 2.00. The van der Waals surface area contributed by atoms with Crippen LogP contribution in [0, 0.1) is 6.92 Å². The van der Waals surface area contributed by atoms with Gasteiger partial charge in [0.2, 0.25) is 5.65 Å². The maximum atomic E-state index is 11.8. The van der Waals surface area contributed by atoms with Crippen LogP contribution < -0.4 is 10.5 Å². The molecule has 1 N–H and O–H groups in total. The van der Waals surface area contributed by atoms with Crippen LogP contribution in [0.15, 0.2) is 47.5 Å². The number of nitrogens with zero attached hydrogens (tertiary/aromatic N) is 5. The smallest absolute Gasteiger partial charge is 0.293 e. The molecule has 7 heteroatoms. The molecule has 0 fully saturated rings. The Bertz CT molecular complexity index is 1100. The van der Waals surface area contributed by atoms with Crippen molar-refractivity contribution in [2.24, 2.45) is 0 Å². The molecule has 0 saturated heterocycles. The SMILES string of the molecule is Cc1cc(N(C)Cc2nnc3c(=O)[nH]ccn23)c2ccccc2n1. The first-order valence-corrected chi connectivity index (χ1v) is 7.62. The lowest BCUT2D eigenvalue weighted by atomic mass is 10.1. The van der Waals surface area contributed by atoms with Crippen molar-refractivity contribution in [2.45, 2.75) is 13.5 Å². The number of H-pyrrole nitrogens is 1. The third-order valence-corrected chi connectivity index (χ3v) is 4.02. The van der Waals surface area contributed by atoms with E-state index in [1.54, 1.807) is 16.8 Å². The van der Waals surface area contributed by atoms with Gasteiger partial charge in [0, 0.05) is 36.2 Å². The summed E-state index contributed by atoms with van der Waals surface area (Å²) in [5.41, 5.74) is 3.04. The van der Waals surface area contributed by atoms with Crippen molar-refractivity contribution in [1.29, 1.82) is 0 Å². The summed E-state index contributed by atoms with van der Waals surface area (Å²) in [5, 5.41) is 9.22. The summed E-state index contributed by atoms with van der Waals surface area (Å²) in [6.45, 7) is 2.51. The quantitative estimate of drug-likeness (QED) is 0.624. The molecule has 3 aromatic heterocycles. The molecule has 0 atom stereocenters. The van der Waals surface area contributed by atoms with Crippen LogP contribution in [-0.4, -0.2) is 31.6 Å². The molecule has 0 radical (unpaired) electrons. The third kappa shape index (κ3) is 2.30. The zero-order chi connectivity index (χ0) is 16.7. The molecule has 0 aliphatic rings. The van der Waals surface area contributed by atoms with E-state index >= 15 is 0 Å². The van der Waals surface area contributed by atoms with Crippen LogP contribution in [0.5, 0.6) is 0 Å². The van der Waals surface area contributed by atoms with Gasteiger partial charge in [0.25, 0.3) is 5.56 Å². The minimum atomic E-state index is -0.246. The van der Waals surface area contributed by atoms with Crippen LogP contribution in [-0.2, 0) is 6.54 Å². The largest absolute Gasteiger partial charge is 0.366 e. The maximum Gasteiger partial charge on any atom is 0.293 e. The predicted molar refractivity (Wildman–Crippen MR) is 92.2 cm³/mol. The molecule has 120 valence electrons. The number of aromatic nitrogens is 5. The second kappa shape index (κ2) is 5.45. The Hall–Kier alpha value is -3.22. The number of benzene rings is 1. The fourth-order valence-corrected chi connectivity index (χ4v) is 2.89. The van der Waals surface area contributed by atoms with Crippen molar-refractivity contribution >= 4 is 22.2 Å². The second-order valence-corrected chi connectivity index (χ2v) is 5.76. The van der Waals surface area contributed by atoms with Gasteiger partial charge in [-0.2, -0.15) is 0 Å². The van der Waals surface area contributed by atoms with Gasteiger partial charge in [-0.3, -0.25) is 14.2 Å². The van der Waals surface area contributed by atoms with Crippen molar-refractivity contribution in [3.8, 4) is 0 Å². The highest BCUT2D eigenvalue weighted by Gasteiger charge is 2.13. The molecule has 0 aliphatic carbocycles. The number of aryl methyl sites for hydroxylation is 1. The zero-order valence-corrected chi connectivity index (χ0v) is 13.4. The number of nitrogens with one attached hydrogen (secondary N) is 1. The van der Waals surface area contributed by atoms with Crippen molar-refractivity contribution in [3.63, 3.8) is 0 Å². The topological polar surface area (TPSA) is 79.2 Å². The van der Waals surface area contributed by atoms with E-state index in [9.17, 15) is 4.79 Å². The molecular formula is C17H16N6O. The molecular weight excluding hydrogens is 304 g/mol. The predicted octanol–water partition coefficient (Wildman–Crippen LogP) is 1.91. The van der Waals surface area contributed by atoms with Crippen LogP contribution in [0.1, 0.15) is 11.5 Å². The van der Waals surface area contributed by atoms with Gasteiger partial charge in [-0.25, -0.2) is 0 Å². The number of pyridine rings is 1. The van der Waals surface area contributed by atoms with Gasteiger partial charge in [-0.15, -0.1) is 10.2 Å². The Balaban J connectivity index is 1.78. The van der Waals surface area contributed by atoms with E-state index in [1.165, 1.54) is 0 Å². The van der Waals surface area contributed by atoms with Gasteiger partial charge < -0.3 is 9.88 Å². The first kappa shape index (κ1) is 14.4.